The molecule has 0 saturated heterocycles. The number of aryl methyl sites for hydroxylation is 1. The maximum absolute atomic E-state index is 9.38. The van der Waals surface area contributed by atoms with Gasteiger partial charge in [0.1, 0.15) is 0 Å². The van der Waals surface area contributed by atoms with Crippen molar-refractivity contribution in [2.75, 3.05) is 0 Å². The third-order valence-electron chi connectivity index (χ3n) is 4.98. The molecule has 0 aliphatic heterocycles. The minimum atomic E-state index is 0.217. The van der Waals surface area contributed by atoms with Gasteiger partial charge in [0.2, 0.25) is 0 Å². The second kappa shape index (κ2) is 6.41. The Bertz CT molecular complexity index is 488. The van der Waals surface area contributed by atoms with Gasteiger partial charge in [-0.25, -0.2) is 0 Å². The number of fused-ring (bicyclic) bond motifs is 1. The third kappa shape index (κ3) is 3.04. The van der Waals surface area contributed by atoms with Gasteiger partial charge in [-0.2, -0.15) is 5.26 Å². The Kier molecular flexibility index (Phi) is 4.38. The van der Waals surface area contributed by atoms with Gasteiger partial charge in [-0.15, -0.1) is 0 Å². The molecule has 0 amide bonds. The summed E-state index contributed by atoms with van der Waals surface area (Å²) in [6.07, 6.45) is 9.58. The molecule has 0 spiro atoms. The molecule has 1 aromatic rings. The van der Waals surface area contributed by atoms with Gasteiger partial charge < -0.3 is 5.32 Å². The highest BCUT2D eigenvalue weighted by Crippen LogP contribution is 2.26. The lowest BCUT2D eigenvalue weighted by atomic mass is 9.86. The van der Waals surface area contributed by atoms with Crippen molar-refractivity contribution < 1.29 is 0 Å². The van der Waals surface area contributed by atoms with Crippen LogP contribution in [0.5, 0.6) is 0 Å². The van der Waals surface area contributed by atoms with Gasteiger partial charge in [-0.3, -0.25) is 0 Å². The number of nitrogens with one attached hydrogen (secondary N) is 1. The van der Waals surface area contributed by atoms with Crippen LogP contribution in [0.15, 0.2) is 24.3 Å². The lowest BCUT2D eigenvalue weighted by molar-refractivity contribution is 0.329. The van der Waals surface area contributed by atoms with Gasteiger partial charge in [-0.1, -0.05) is 43.5 Å². The van der Waals surface area contributed by atoms with E-state index < -0.39 is 0 Å². The molecule has 1 saturated carbocycles. The second-order valence-corrected chi connectivity index (χ2v) is 6.36. The van der Waals surface area contributed by atoms with Crippen LogP contribution in [-0.2, 0) is 12.8 Å². The van der Waals surface area contributed by atoms with Crippen molar-refractivity contribution in [1.82, 2.24) is 5.32 Å². The van der Waals surface area contributed by atoms with Crippen LogP contribution >= 0.6 is 0 Å². The van der Waals surface area contributed by atoms with Crippen molar-refractivity contribution in [1.29, 1.82) is 5.26 Å². The fourth-order valence-electron chi connectivity index (χ4n) is 3.80. The molecule has 1 N–H and O–H groups in total. The van der Waals surface area contributed by atoms with E-state index in [-0.39, 0.29) is 5.92 Å². The maximum atomic E-state index is 9.38. The molecule has 3 rings (SSSR count). The molecule has 0 bridgehead atoms. The molecule has 0 aromatic heterocycles. The Morgan fingerprint density at radius 1 is 1.00 bits per heavy atom. The first-order valence-electron chi connectivity index (χ1n) is 8.09. The summed E-state index contributed by atoms with van der Waals surface area (Å²) in [6.45, 7) is 0. The van der Waals surface area contributed by atoms with Gasteiger partial charge in [-0.05, 0) is 43.2 Å². The van der Waals surface area contributed by atoms with Crippen molar-refractivity contribution in [3.8, 4) is 6.07 Å². The first kappa shape index (κ1) is 13.6. The van der Waals surface area contributed by atoms with E-state index in [0.29, 0.717) is 12.1 Å². The van der Waals surface area contributed by atoms with Crippen molar-refractivity contribution >= 4 is 0 Å². The van der Waals surface area contributed by atoms with Crippen molar-refractivity contribution in [2.45, 2.75) is 63.5 Å². The molecule has 2 aliphatic rings. The summed E-state index contributed by atoms with van der Waals surface area (Å²) < 4.78 is 0. The highest BCUT2D eigenvalue weighted by molar-refractivity contribution is 5.30. The minimum absolute atomic E-state index is 0.217. The molecule has 20 heavy (non-hydrogen) atoms. The summed E-state index contributed by atoms with van der Waals surface area (Å²) in [5, 5.41) is 13.2. The highest BCUT2D eigenvalue weighted by atomic mass is 15.0. The molecule has 0 radical (unpaired) electrons. The molecule has 106 valence electrons. The van der Waals surface area contributed by atoms with Crippen LogP contribution in [0, 0.1) is 17.2 Å². The van der Waals surface area contributed by atoms with Crippen LogP contribution in [0.4, 0.5) is 0 Å². The highest BCUT2D eigenvalue weighted by Gasteiger charge is 2.27. The first-order valence-corrected chi connectivity index (χ1v) is 8.09. The molecule has 3 atom stereocenters. The second-order valence-electron chi connectivity index (χ2n) is 6.36. The predicted molar refractivity (Wildman–Crippen MR) is 81.4 cm³/mol. The largest absolute Gasteiger partial charge is 0.310 e. The Morgan fingerprint density at radius 3 is 2.65 bits per heavy atom. The van der Waals surface area contributed by atoms with Crippen molar-refractivity contribution in [3.05, 3.63) is 35.4 Å². The number of hydrogen-bond donors (Lipinski definition) is 1. The summed E-state index contributed by atoms with van der Waals surface area (Å²) in [5.41, 5.74) is 3.02. The van der Waals surface area contributed by atoms with Crippen LogP contribution in [0.25, 0.3) is 0 Å². The average molecular weight is 268 g/mol. The Morgan fingerprint density at radius 2 is 1.80 bits per heavy atom. The standard InChI is InChI=1S/C18H24N2/c19-13-16-8-2-1-3-9-18(16)20-17-11-10-14-6-4-5-7-15(14)12-17/h4-7,16-18,20H,1-3,8-12H2. The van der Waals surface area contributed by atoms with E-state index in [4.69, 9.17) is 0 Å². The van der Waals surface area contributed by atoms with Gasteiger partial charge in [0, 0.05) is 12.1 Å². The van der Waals surface area contributed by atoms with E-state index in [1.54, 1.807) is 0 Å². The van der Waals surface area contributed by atoms with Crippen LogP contribution in [0.3, 0.4) is 0 Å². The fraction of sp³-hybridized carbons (Fsp3) is 0.611. The van der Waals surface area contributed by atoms with E-state index in [9.17, 15) is 5.26 Å². The number of nitriles is 1. The van der Waals surface area contributed by atoms with Crippen LogP contribution in [-0.4, -0.2) is 12.1 Å². The van der Waals surface area contributed by atoms with E-state index in [1.807, 2.05) is 0 Å². The molecule has 1 aromatic carbocycles. The lowest BCUT2D eigenvalue weighted by Gasteiger charge is -2.31. The normalized spacial score (nSPS) is 30.1. The molecule has 2 heteroatoms. The molecule has 1 fully saturated rings. The topological polar surface area (TPSA) is 35.8 Å². The summed E-state index contributed by atoms with van der Waals surface area (Å²) in [7, 11) is 0. The average Bonchev–Trinajstić information content (AvgIpc) is 2.72. The Hall–Kier alpha value is -1.33. The van der Waals surface area contributed by atoms with Gasteiger partial charge in [0.05, 0.1) is 12.0 Å². The summed E-state index contributed by atoms with van der Waals surface area (Å²) >= 11 is 0. The van der Waals surface area contributed by atoms with Gasteiger partial charge >= 0.3 is 0 Å². The van der Waals surface area contributed by atoms with Crippen LogP contribution in [0.1, 0.15) is 49.7 Å². The zero-order chi connectivity index (χ0) is 13.8. The van der Waals surface area contributed by atoms with E-state index in [1.165, 1.54) is 49.7 Å². The Labute approximate surface area is 122 Å². The van der Waals surface area contributed by atoms with Gasteiger partial charge in [0.15, 0.2) is 0 Å². The number of hydrogen-bond acceptors (Lipinski definition) is 2. The zero-order valence-electron chi connectivity index (χ0n) is 12.1. The SMILES string of the molecule is N#CC1CCCCCC1NC1CCc2ccccc2C1. The molecule has 3 unspecified atom stereocenters. The summed E-state index contributed by atoms with van der Waals surface area (Å²) in [5.74, 6) is 0.217. The number of benzene rings is 1. The van der Waals surface area contributed by atoms with E-state index in [0.717, 1.165) is 12.8 Å². The van der Waals surface area contributed by atoms with Crippen LogP contribution in [0.2, 0.25) is 0 Å². The van der Waals surface area contributed by atoms with Crippen molar-refractivity contribution in [3.63, 3.8) is 0 Å². The Balaban J connectivity index is 1.65. The minimum Gasteiger partial charge on any atom is -0.310 e. The predicted octanol–water partition coefficient (Wildman–Crippen LogP) is 3.61. The fourth-order valence-corrected chi connectivity index (χ4v) is 3.80. The first-order chi connectivity index (χ1) is 9.86. The smallest absolute Gasteiger partial charge is 0.0672 e. The summed E-state index contributed by atoms with van der Waals surface area (Å²) in [6, 6.07) is 12.3. The lowest BCUT2D eigenvalue weighted by Crippen LogP contribution is -2.44. The van der Waals surface area contributed by atoms with E-state index in [2.05, 4.69) is 35.7 Å². The third-order valence-corrected chi connectivity index (χ3v) is 4.98. The van der Waals surface area contributed by atoms with Crippen molar-refractivity contribution in [2.24, 2.45) is 5.92 Å². The molecule has 2 nitrogen and oxygen atoms in total. The molecular formula is C18H24N2. The maximum Gasteiger partial charge on any atom is 0.0672 e. The molecular weight excluding hydrogens is 244 g/mol. The number of rotatable bonds is 2. The van der Waals surface area contributed by atoms with Crippen LogP contribution < -0.4 is 5.32 Å². The quantitative estimate of drug-likeness (QED) is 0.832. The zero-order valence-corrected chi connectivity index (χ0v) is 12.1. The van der Waals surface area contributed by atoms with Gasteiger partial charge in [0.25, 0.3) is 0 Å². The molecule has 0 heterocycles. The van der Waals surface area contributed by atoms with E-state index >= 15 is 0 Å². The summed E-state index contributed by atoms with van der Waals surface area (Å²) in [4.78, 5) is 0. The number of nitrogens with zero attached hydrogens (tertiary/aromatic N) is 1. The molecule has 2 aliphatic carbocycles. The monoisotopic (exact) mass is 268 g/mol.